The lowest BCUT2D eigenvalue weighted by molar-refractivity contribution is 0.0691. The number of aromatic carboxylic acids is 1. The van der Waals surface area contributed by atoms with Crippen molar-refractivity contribution < 1.29 is 14.7 Å². The fourth-order valence-corrected chi connectivity index (χ4v) is 2.45. The Kier molecular flexibility index (Phi) is 4.54. The number of benzene rings is 1. The minimum absolute atomic E-state index is 0.0115. The van der Waals surface area contributed by atoms with Crippen LogP contribution in [0.15, 0.2) is 29.6 Å². The van der Waals surface area contributed by atoms with Gasteiger partial charge in [-0.3, -0.25) is 0 Å². The zero-order chi connectivity index (χ0) is 15.4. The first-order valence-electron chi connectivity index (χ1n) is 6.28. The van der Waals surface area contributed by atoms with Crippen molar-refractivity contribution in [3.05, 3.63) is 45.9 Å². The summed E-state index contributed by atoms with van der Waals surface area (Å²) in [7, 11) is 0. The zero-order valence-electron chi connectivity index (χ0n) is 11.6. The molecule has 1 atom stereocenters. The number of nitrogens with zero attached hydrogens (tertiary/aromatic N) is 1. The number of aryl methyl sites for hydroxylation is 1. The Morgan fingerprint density at radius 3 is 2.52 bits per heavy atom. The van der Waals surface area contributed by atoms with Crippen LogP contribution in [0.3, 0.4) is 0 Å². The molecule has 110 valence electrons. The van der Waals surface area contributed by atoms with E-state index in [9.17, 15) is 9.59 Å². The fraction of sp³-hybridized carbons (Fsp3) is 0.214. The topological polar surface area (TPSA) is 91.3 Å². The molecular formula is C14H15N3O3S. The summed E-state index contributed by atoms with van der Waals surface area (Å²) in [5.41, 5.74) is 1.79. The maximum atomic E-state index is 11.9. The van der Waals surface area contributed by atoms with Crippen LogP contribution in [0, 0.1) is 6.92 Å². The number of carbonyl (C=O) groups excluding carboxylic acids is 1. The number of carboxylic acids is 1. The number of hydrogen-bond donors (Lipinski definition) is 3. The van der Waals surface area contributed by atoms with Gasteiger partial charge in [-0.2, -0.15) is 0 Å². The minimum Gasteiger partial charge on any atom is -0.476 e. The summed E-state index contributed by atoms with van der Waals surface area (Å²) in [6.45, 7) is 3.72. The predicted molar refractivity (Wildman–Crippen MR) is 80.8 cm³/mol. The number of carbonyl (C=O) groups is 2. The highest BCUT2D eigenvalue weighted by Crippen LogP contribution is 2.18. The van der Waals surface area contributed by atoms with Gasteiger partial charge in [-0.1, -0.05) is 17.7 Å². The molecule has 1 aromatic carbocycles. The van der Waals surface area contributed by atoms with Crippen molar-refractivity contribution in [2.24, 2.45) is 0 Å². The zero-order valence-corrected chi connectivity index (χ0v) is 12.4. The van der Waals surface area contributed by atoms with Gasteiger partial charge < -0.3 is 15.7 Å². The maximum absolute atomic E-state index is 11.9. The second-order valence-electron chi connectivity index (χ2n) is 4.56. The standard InChI is InChI=1S/C14H15N3O3S/c1-8-3-5-10(6-4-8)16-14(20)15-9(2)12-17-11(7-21-12)13(18)19/h3-7,9H,1-2H3,(H,18,19)(H2,15,16,20). The van der Waals surface area contributed by atoms with Gasteiger partial charge in [0.25, 0.3) is 0 Å². The molecule has 1 aromatic heterocycles. The molecule has 2 amide bonds. The summed E-state index contributed by atoms with van der Waals surface area (Å²) in [6.07, 6.45) is 0. The Labute approximate surface area is 125 Å². The molecular weight excluding hydrogens is 290 g/mol. The summed E-state index contributed by atoms with van der Waals surface area (Å²) in [5.74, 6) is -1.08. The van der Waals surface area contributed by atoms with Gasteiger partial charge in [0.1, 0.15) is 5.01 Å². The Hall–Kier alpha value is -2.41. The van der Waals surface area contributed by atoms with E-state index < -0.39 is 5.97 Å². The molecule has 1 heterocycles. The fourth-order valence-electron chi connectivity index (χ4n) is 1.65. The molecule has 0 bridgehead atoms. The van der Waals surface area contributed by atoms with E-state index in [1.165, 1.54) is 16.7 Å². The van der Waals surface area contributed by atoms with E-state index in [2.05, 4.69) is 15.6 Å². The first-order chi connectivity index (χ1) is 9.95. The van der Waals surface area contributed by atoms with E-state index in [4.69, 9.17) is 5.11 Å². The van der Waals surface area contributed by atoms with Crippen LogP contribution in [-0.4, -0.2) is 22.1 Å². The molecule has 6 nitrogen and oxygen atoms in total. The highest BCUT2D eigenvalue weighted by atomic mass is 32.1. The van der Waals surface area contributed by atoms with E-state index in [0.717, 1.165) is 5.56 Å². The van der Waals surface area contributed by atoms with Gasteiger partial charge in [0.05, 0.1) is 6.04 Å². The second-order valence-corrected chi connectivity index (χ2v) is 5.45. The first kappa shape index (κ1) is 15.0. The number of nitrogens with one attached hydrogen (secondary N) is 2. The lowest BCUT2D eigenvalue weighted by Gasteiger charge is -2.12. The summed E-state index contributed by atoms with van der Waals surface area (Å²) in [5, 5.41) is 16.2. The molecule has 3 N–H and O–H groups in total. The van der Waals surface area contributed by atoms with Crippen LogP contribution in [-0.2, 0) is 0 Å². The number of thiazole rings is 1. The largest absolute Gasteiger partial charge is 0.476 e. The van der Waals surface area contributed by atoms with Crippen molar-refractivity contribution >= 4 is 29.0 Å². The van der Waals surface area contributed by atoms with E-state index in [0.29, 0.717) is 10.7 Å². The van der Waals surface area contributed by atoms with Crippen LogP contribution in [0.25, 0.3) is 0 Å². The van der Waals surface area contributed by atoms with Gasteiger partial charge in [-0.25, -0.2) is 14.6 Å². The highest BCUT2D eigenvalue weighted by molar-refractivity contribution is 7.09. The number of amides is 2. The van der Waals surface area contributed by atoms with Gasteiger partial charge in [0.15, 0.2) is 5.69 Å². The maximum Gasteiger partial charge on any atom is 0.355 e. The van der Waals surface area contributed by atoms with Crippen molar-refractivity contribution in [3.63, 3.8) is 0 Å². The quantitative estimate of drug-likeness (QED) is 0.809. The van der Waals surface area contributed by atoms with Crippen molar-refractivity contribution in [1.82, 2.24) is 10.3 Å². The molecule has 0 radical (unpaired) electrons. The summed E-state index contributed by atoms with van der Waals surface area (Å²) in [4.78, 5) is 26.6. The molecule has 7 heteroatoms. The number of carboxylic acid groups (broad SMARTS) is 1. The lowest BCUT2D eigenvalue weighted by Crippen LogP contribution is -2.31. The van der Waals surface area contributed by atoms with E-state index >= 15 is 0 Å². The Balaban J connectivity index is 1.95. The van der Waals surface area contributed by atoms with Crippen LogP contribution in [0.5, 0.6) is 0 Å². The molecule has 0 fully saturated rings. The smallest absolute Gasteiger partial charge is 0.355 e. The monoisotopic (exact) mass is 305 g/mol. The van der Waals surface area contributed by atoms with Crippen molar-refractivity contribution in [2.75, 3.05) is 5.32 Å². The van der Waals surface area contributed by atoms with Gasteiger partial charge >= 0.3 is 12.0 Å². The predicted octanol–water partition coefficient (Wildman–Crippen LogP) is 3.03. The Morgan fingerprint density at radius 2 is 1.95 bits per heavy atom. The molecule has 0 aliphatic rings. The average molecular weight is 305 g/mol. The molecule has 1 unspecified atom stereocenters. The second kappa shape index (κ2) is 6.36. The number of rotatable bonds is 4. The number of hydrogen-bond acceptors (Lipinski definition) is 4. The molecule has 0 saturated carbocycles. The lowest BCUT2D eigenvalue weighted by atomic mass is 10.2. The average Bonchev–Trinajstić information content (AvgIpc) is 2.91. The van der Waals surface area contributed by atoms with Crippen molar-refractivity contribution in [2.45, 2.75) is 19.9 Å². The van der Waals surface area contributed by atoms with Gasteiger partial charge in [0.2, 0.25) is 0 Å². The van der Waals surface area contributed by atoms with Gasteiger partial charge in [0, 0.05) is 11.1 Å². The molecule has 21 heavy (non-hydrogen) atoms. The minimum atomic E-state index is -1.08. The van der Waals surface area contributed by atoms with Crippen LogP contribution in [0.2, 0.25) is 0 Å². The van der Waals surface area contributed by atoms with Crippen LogP contribution in [0.1, 0.15) is 34.0 Å². The third-order valence-corrected chi connectivity index (χ3v) is 3.80. The van der Waals surface area contributed by atoms with E-state index in [1.54, 1.807) is 6.92 Å². The normalized spacial score (nSPS) is 11.7. The summed E-state index contributed by atoms with van der Waals surface area (Å²) >= 11 is 1.20. The molecule has 0 aliphatic carbocycles. The molecule has 0 saturated heterocycles. The van der Waals surface area contributed by atoms with Crippen LogP contribution < -0.4 is 10.6 Å². The first-order valence-corrected chi connectivity index (χ1v) is 7.16. The summed E-state index contributed by atoms with van der Waals surface area (Å²) < 4.78 is 0. The Morgan fingerprint density at radius 1 is 1.29 bits per heavy atom. The van der Waals surface area contributed by atoms with Crippen molar-refractivity contribution in [3.8, 4) is 0 Å². The van der Waals surface area contributed by atoms with E-state index in [-0.39, 0.29) is 17.8 Å². The third kappa shape index (κ3) is 4.03. The third-order valence-electron chi connectivity index (χ3n) is 2.77. The van der Waals surface area contributed by atoms with Crippen LogP contribution >= 0.6 is 11.3 Å². The molecule has 2 aromatic rings. The highest BCUT2D eigenvalue weighted by Gasteiger charge is 2.15. The molecule has 0 aliphatic heterocycles. The number of aromatic nitrogens is 1. The molecule has 0 spiro atoms. The number of anilines is 1. The van der Waals surface area contributed by atoms with Crippen LogP contribution in [0.4, 0.5) is 10.5 Å². The van der Waals surface area contributed by atoms with Gasteiger partial charge in [-0.15, -0.1) is 11.3 Å². The van der Waals surface area contributed by atoms with Crippen molar-refractivity contribution in [1.29, 1.82) is 0 Å². The van der Waals surface area contributed by atoms with Gasteiger partial charge in [-0.05, 0) is 26.0 Å². The SMILES string of the molecule is Cc1ccc(NC(=O)NC(C)c2nc(C(=O)O)cs2)cc1. The number of urea groups is 1. The summed E-state index contributed by atoms with van der Waals surface area (Å²) in [6, 6.07) is 6.70. The Bertz CT molecular complexity index is 652. The van der Waals surface area contributed by atoms with E-state index in [1.807, 2.05) is 31.2 Å². The molecule has 2 rings (SSSR count).